The number of nitrogens with one attached hydrogen (secondary N) is 1. The molecule has 1 aromatic carbocycles. The Morgan fingerprint density at radius 1 is 1.38 bits per heavy atom. The maximum absolute atomic E-state index is 12.7. The van der Waals surface area contributed by atoms with Gasteiger partial charge in [-0.25, -0.2) is 4.79 Å². The number of carboxylic acids is 1. The Morgan fingerprint density at radius 2 is 1.96 bits per heavy atom. The molecule has 1 aliphatic carbocycles. The molecule has 5 nitrogen and oxygen atoms in total. The van der Waals surface area contributed by atoms with Crippen LogP contribution < -0.4 is 5.32 Å². The van der Waals surface area contributed by atoms with Crippen molar-refractivity contribution in [3.05, 3.63) is 34.3 Å². The van der Waals surface area contributed by atoms with Crippen LogP contribution in [-0.2, 0) is 14.3 Å². The SMILES string of the molecule is CCOC1CC(NC(=O)C(C)c2ccc(Br)cc2)(C(=O)O)C1(C)C. The fraction of sp³-hybridized carbons (Fsp3) is 0.556. The van der Waals surface area contributed by atoms with Crippen LogP contribution in [0, 0.1) is 5.41 Å². The van der Waals surface area contributed by atoms with Gasteiger partial charge in [0.2, 0.25) is 5.91 Å². The smallest absolute Gasteiger partial charge is 0.330 e. The summed E-state index contributed by atoms with van der Waals surface area (Å²) in [5, 5.41) is 12.6. The van der Waals surface area contributed by atoms with Crippen molar-refractivity contribution in [2.75, 3.05) is 6.61 Å². The van der Waals surface area contributed by atoms with Crippen molar-refractivity contribution in [2.24, 2.45) is 5.41 Å². The number of rotatable bonds is 6. The second-order valence-corrected chi connectivity index (χ2v) is 7.76. The molecule has 24 heavy (non-hydrogen) atoms. The van der Waals surface area contributed by atoms with Crippen LogP contribution in [0.15, 0.2) is 28.7 Å². The molecule has 0 aromatic heterocycles. The highest BCUT2D eigenvalue weighted by molar-refractivity contribution is 9.10. The number of ether oxygens (including phenoxy) is 1. The molecule has 6 heteroatoms. The standard InChI is InChI=1S/C18H24BrNO4/c1-5-24-14-10-18(16(22)23,17(14,3)4)20-15(21)11(2)12-6-8-13(19)9-7-12/h6-9,11,14H,5,10H2,1-4H3,(H,20,21)(H,22,23). The third-order valence-corrected chi connectivity index (χ3v) is 5.76. The molecule has 0 heterocycles. The Balaban J connectivity index is 2.18. The van der Waals surface area contributed by atoms with E-state index in [4.69, 9.17) is 4.74 Å². The number of amides is 1. The first-order valence-electron chi connectivity index (χ1n) is 8.08. The van der Waals surface area contributed by atoms with Crippen molar-refractivity contribution in [2.45, 2.75) is 51.7 Å². The maximum atomic E-state index is 12.7. The minimum absolute atomic E-state index is 0.179. The second kappa shape index (κ2) is 6.84. The quantitative estimate of drug-likeness (QED) is 0.771. The molecular weight excluding hydrogens is 374 g/mol. The number of carboxylic acid groups (broad SMARTS) is 1. The van der Waals surface area contributed by atoms with Crippen molar-refractivity contribution < 1.29 is 19.4 Å². The van der Waals surface area contributed by atoms with Gasteiger partial charge in [0.25, 0.3) is 0 Å². The molecule has 0 bridgehead atoms. The van der Waals surface area contributed by atoms with Gasteiger partial charge in [-0.1, -0.05) is 41.9 Å². The molecule has 1 saturated carbocycles. The Labute approximate surface area is 150 Å². The summed E-state index contributed by atoms with van der Waals surface area (Å²) in [6.45, 7) is 7.84. The Kier molecular flexibility index (Phi) is 5.40. The molecule has 0 spiro atoms. The predicted octanol–water partition coefficient (Wildman–Crippen LogP) is 3.33. The highest BCUT2D eigenvalue weighted by Crippen LogP contribution is 2.51. The molecule has 1 aromatic rings. The van der Waals surface area contributed by atoms with E-state index < -0.39 is 22.8 Å². The minimum Gasteiger partial charge on any atom is -0.479 e. The van der Waals surface area contributed by atoms with Gasteiger partial charge >= 0.3 is 5.97 Å². The third-order valence-electron chi connectivity index (χ3n) is 5.23. The molecule has 1 fully saturated rings. The molecule has 0 aliphatic heterocycles. The van der Waals surface area contributed by atoms with E-state index in [9.17, 15) is 14.7 Å². The lowest BCUT2D eigenvalue weighted by atomic mass is 9.54. The molecule has 0 radical (unpaired) electrons. The number of aliphatic carboxylic acids is 1. The molecule has 2 N–H and O–H groups in total. The number of benzene rings is 1. The number of hydrogen-bond donors (Lipinski definition) is 2. The first-order valence-corrected chi connectivity index (χ1v) is 8.87. The maximum Gasteiger partial charge on any atom is 0.330 e. The predicted molar refractivity (Wildman–Crippen MR) is 94.9 cm³/mol. The van der Waals surface area contributed by atoms with E-state index in [0.717, 1.165) is 10.0 Å². The van der Waals surface area contributed by atoms with E-state index in [2.05, 4.69) is 21.2 Å². The van der Waals surface area contributed by atoms with E-state index in [0.29, 0.717) is 6.61 Å². The zero-order valence-electron chi connectivity index (χ0n) is 14.4. The van der Waals surface area contributed by atoms with E-state index in [1.54, 1.807) is 6.92 Å². The fourth-order valence-corrected chi connectivity index (χ4v) is 3.52. The molecule has 1 aliphatic rings. The Bertz CT molecular complexity index is 628. The lowest BCUT2D eigenvalue weighted by Crippen LogP contribution is -2.76. The summed E-state index contributed by atoms with van der Waals surface area (Å²) in [5.74, 6) is -1.74. The van der Waals surface area contributed by atoms with Crippen molar-refractivity contribution >= 4 is 27.8 Å². The largest absolute Gasteiger partial charge is 0.479 e. The van der Waals surface area contributed by atoms with Crippen molar-refractivity contribution in [1.29, 1.82) is 0 Å². The van der Waals surface area contributed by atoms with Crippen LogP contribution in [0.2, 0.25) is 0 Å². The highest BCUT2D eigenvalue weighted by Gasteiger charge is 2.66. The summed E-state index contributed by atoms with van der Waals surface area (Å²) in [6.07, 6.45) is 0.101. The van der Waals surface area contributed by atoms with Gasteiger partial charge in [-0.05, 0) is 31.5 Å². The van der Waals surface area contributed by atoms with Crippen LogP contribution in [0.5, 0.6) is 0 Å². The van der Waals surface area contributed by atoms with E-state index in [1.807, 2.05) is 45.0 Å². The molecule has 0 saturated heterocycles. The van der Waals surface area contributed by atoms with Crippen molar-refractivity contribution in [3.8, 4) is 0 Å². The zero-order chi connectivity index (χ0) is 18.1. The summed E-state index contributed by atoms with van der Waals surface area (Å²) in [7, 11) is 0. The number of carbonyl (C=O) groups excluding carboxylic acids is 1. The molecular formula is C18H24BrNO4. The summed E-state index contributed by atoms with van der Waals surface area (Å²) in [5.41, 5.74) is -1.13. The first kappa shape index (κ1) is 18.9. The van der Waals surface area contributed by atoms with Crippen LogP contribution in [0.25, 0.3) is 0 Å². The van der Waals surface area contributed by atoms with Gasteiger partial charge in [-0.3, -0.25) is 4.79 Å². The molecule has 1 amide bonds. The number of carbonyl (C=O) groups is 2. The van der Waals surface area contributed by atoms with Gasteiger partial charge < -0.3 is 15.2 Å². The third kappa shape index (κ3) is 3.09. The van der Waals surface area contributed by atoms with Crippen LogP contribution in [0.3, 0.4) is 0 Å². The van der Waals surface area contributed by atoms with Crippen molar-refractivity contribution in [3.63, 3.8) is 0 Å². The van der Waals surface area contributed by atoms with Gasteiger partial charge in [0.05, 0.1) is 12.0 Å². The average molecular weight is 398 g/mol. The van der Waals surface area contributed by atoms with E-state index >= 15 is 0 Å². The molecule has 3 unspecified atom stereocenters. The van der Waals surface area contributed by atoms with Gasteiger partial charge in [-0.2, -0.15) is 0 Å². The highest BCUT2D eigenvalue weighted by atomic mass is 79.9. The number of hydrogen-bond acceptors (Lipinski definition) is 3. The van der Waals surface area contributed by atoms with Crippen LogP contribution in [0.1, 0.15) is 45.6 Å². The lowest BCUT2D eigenvalue weighted by molar-refractivity contribution is -0.194. The van der Waals surface area contributed by atoms with Crippen LogP contribution >= 0.6 is 15.9 Å². The van der Waals surface area contributed by atoms with Gasteiger partial charge in [0, 0.05) is 22.9 Å². The summed E-state index contributed by atoms with van der Waals surface area (Å²) >= 11 is 3.36. The van der Waals surface area contributed by atoms with Crippen LogP contribution in [0.4, 0.5) is 0 Å². The van der Waals surface area contributed by atoms with E-state index in [1.165, 1.54) is 0 Å². The summed E-state index contributed by atoms with van der Waals surface area (Å²) < 4.78 is 6.55. The van der Waals surface area contributed by atoms with Crippen molar-refractivity contribution in [1.82, 2.24) is 5.32 Å². The summed E-state index contributed by atoms with van der Waals surface area (Å²) in [6, 6.07) is 7.45. The minimum atomic E-state index is -1.30. The fourth-order valence-electron chi connectivity index (χ4n) is 3.26. The monoisotopic (exact) mass is 397 g/mol. The number of halogens is 1. The second-order valence-electron chi connectivity index (χ2n) is 6.84. The average Bonchev–Trinajstić information content (AvgIpc) is 2.53. The molecule has 2 rings (SSSR count). The normalized spacial score (nSPS) is 26.3. The van der Waals surface area contributed by atoms with Gasteiger partial charge in [-0.15, -0.1) is 0 Å². The van der Waals surface area contributed by atoms with Gasteiger partial charge in [0.1, 0.15) is 5.54 Å². The topological polar surface area (TPSA) is 75.6 Å². The Morgan fingerprint density at radius 3 is 2.42 bits per heavy atom. The molecule has 3 atom stereocenters. The Hall–Kier alpha value is -1.40. The van der Waals surface area contributed by atoms with Gasteiger partial charge in [0.15, 0.2) is 0 Å². The van der Waals surface area contributed by atoms with E-state index in [-0.39, 0.29) is 18.4 Å². The lowest BCUT2D eigenvalue weighted by Gasteiger charge is -2.58. The van der Waals surface area contributed by atoms with Crippen LogP contribution in [-0.4, -0.2) is 35.2 Å². The molecule has 132 valence electrons. The summed E-state index contributed by atoms with van der Waals surface area (Å²) in [4.78, 5) is 24.6. The first-order chi connectivity index (χ1) is 11.2. The zero-order valence-corrected chi connectivity index (χ0v) is 16.0.